The number of thiazole rings is 1. The molecule has 0 N–H and O–H groups in total. The van der Waals surface area contributed by atoms with Gasteiger partial charge in [0.25, 0.3) is 0 Å². The van der Waals surface area contributed by atoms with Crippen LogP contribution in [0.3, 0.4) is 0 Å². The fourth-order valence-corrected chi connectivity index (χ4v) is 6.63. The molecule has 0 bridgehead atoms. The number of rotatable bonds is 6. The largest absolute Gasteiger partial charge is 0.235 e. The third-order valence-corrected chi connectivity index (χ3v) is 9.07. The fourth-order valence-electron chi connectivity index (χ4n) is 5.59. The van der Waals surface area contributed by atoms with E-state index in [1.165, 1.54) is 0 Å². The minimum absolute atomic E-state index is 0.618. The van der Waals surface area contributed by atoms with Crippen LogP contribution in [0, 0.1) is 11.3 Å². The second kappa shape index (κ2) is 12.2. The molecule has 6 heteroatoms. The highest BCUT2D eigenvalue weighted by atomic mass is 32.1. The van der Waals surface area contributed by atoms with E-state index in [2.05, 4.69) is 54.6 Å². The zero-order valence-corrected chi connectivity index (χ0v) is 25.9. The second-order valence-corrected chi connectivity index (χ2v) is 12.1. The number of nitriles is 1. The van der Waals surface area contributed by atoms with Crippen molar-refractivity contribution in [3.05, 3.63) is 157 Å². The molecule has 0 aliphatic heterocycles. The summed E-state index contributed by atoms with van der Waals surface area (Å²) in [5.74, 6) is 1.89. The first kappa shape index (κ1) is 28.2. The Bertz CT molecular complexity index is 2320. The van der Waals surface area contributed by atoms with Gasteiger partial charge in [-0.1, -0.05) is 127 Å². The fraction of sp³-hybridized carbons (Fsp3) is 0. The quantitative estimate of drug-likeness (QED) is 0.185. The van der Waals surface area contributed by atoms with Crippen LogP contribution in [0.1, 0.15) is 5.56 Å². The molecule has 0 unspecified atom stereocenters. The van der Waals surface area contributed by atoms with Gasteiger partial charge < -0.3 is 0 Å². The predicted octanol–water partition coefficient (Wildman–Crippen LogP) is 10.4. The summed E-state index contributed by atoms with van der Waals surface area (Å²) in [6.45, 7) is 0. The summed E-state index contributed by atoms with van der Waals surface area (Å²) in [5, 5.41) is 10.3. The van der Waals surface area contributed by atoms with Crippen molar-refractivity contribution in [2.24, 2.45) is 0 Å². The smallest absolute Gasteiger partial charge is 0.164 e. The first-order chi connectivity index (χ1) is 23.2. The van der Waals surface area contributed by atoms with Crippen LogP contribution in [0.2, 0.25) is 0 Å². The predicted molar refractivity (Wildman–Crippen MR) is 190 cm³/mol. The molecule has 0 amide bonds. The van der Waals surface area contributed by atoms with Gasteiger partial charge in [0.1, 0.15) is 5.01 Å². The lowest BCUT2D eigenvalue weighted by Crippen LogP contribution is -2.00. The van der Waals surface area contributed by atoms with Gasteiger partial charge >= 0.3 is 0 Å². The van der Waals surface area contributed by atoms with Gasteiger partial charge in [-0.2, -0.15) is 5.26 Å². The molecule has 0 radical (unpaired) electrons. The van der Waals surface area contributed by atoms with Crippen molar-refractivity contribution in [3.63, 3.8) is 0 Å². The molecule has 2 heterocycles. The molecule has 6 aromatic carbocycles. The number of hydrogen-bond acceptors (Lipinski definition) is 6. The van der Waals surface area contributed by atoms with Gasteiger partial charge in [0.2, 0.25) is 0 Å². The number of aromatic nitrogens is 4. The number of nitrogens with zero attached hydrogens (tertiary/aromatic N) is 5. The first-order valence-electron chi connectivity index (χ1n) is 15.2. The van der Waals surface area contributed by atoms with E-state index < -0.39 is 0 Å². The van der Waals surface area contributed by atoms with Crippen LogP contribution in [0.5, 0.6) is 0 Å². The van der Waals surface area contributed by atoms with Crippen LogP contribution in [0.15, 0.2) is 152 Å². The average molecular weight is 620 g/mol. The van der Waals surface area contributed by atoms with Crippen LogP contribution >= 0.6 is 11.3 Å². The standard InChI is InChI=1S/C41H25N5S/c42-26-27-16-18-29(19-17-27)35-24-34(25-36-37(35)43-41(47-36)33-14-8-3-9-15-33)28-20-22-32(23-21-28)40-45-38(30-10-4-1-5-11-30)44-39(46-40)31-12-6-2-7-13-31/h1-25H. The van der Waals surface area contributed by atoms with Crippen molar-refractivity contribution in [2.45, 2.75) is 0 Å². The van der Waals surface area contributed by atoms with Crippen molar-refractivity contribution in [3.8, 4) is 73.1 Å². The molecule has 8 rings (SSSR count). The monoisotopic (exact) mass is 619 g/mol. The molecule has 0 atom stereocenters. The topological polar surface area (TPSA) is 75.3 Å². The van der Waals surface area contributed by atoms with E-state index in [1.807, 2.05) is 103 Å². The van der Waals surface area contributed by atoms with Gasteiger partial charge in [0.05, 0.1) is 21.8 Å². The van der Waals surface area contributed by atoms with Crippen LogP contribution in [-0.2, 0) is 0 Å². The van der Waals surface area contributed by atoms with Gasteiger partial charge in [-0.05, 0) is 41.0 Å². The Morgan fingerprint density at radius 2 is 0.894 bits per heavy atom. The van der Waals surface area contributed by atoms with Gasteiger partial charge in [-0.3, -0.25) is 0 Å². The Hall–Kier alpha value is -6.29. The van der Waals surface area contributed by atoms with Crippen LogP contribution in [0.4, 0.5) is 0 Å². The van der Waals surface area contributed by atoms with Crippen molar-refractivity contribution < 1.29 is 0 Å². The molecule has 47 heavy (non-hydrogen) atoms. The summed E-state index contributed by atoms with van der Waals surface area (Å²) in [4.78, 5) is 19.7. The third kappa shape index (κ3) is 5.68. The van der Waals surface area contributed by atoms with E-state index in [9.17, 15) is 5.26 Å². The lowest BCUT2D eigenvalue weighted by molar-refractivity contribution is 1.07. The Balaban J connectivity index is 1.22. The summed E-state index contributed by atoms with van der Waals surface area (Å²) in [6, 6.07) is 53.0. The third-order valence-electron chi connectivity index (χ3n) is 8.02. The molecule has 0 saturated carbocycles. The molecule has 5 nitrogen and oxygen atoms in total. The van der Waals surface area contributed by atoms with Crippen molar-refractivity contribution in [2.75, 3.05) is 0 Å². The van der Waals surface area contributed by atoms with Gasteiger partial charge in [0, 0.05) is 27.8 Å². The molecule has 220 valence electrons. The van der Waals surface area contributed by atoms with E-state index in [4.69, 9.17) is 19.9 Å². The van der Waals surface area contributed by atoms with E-state index >= 15 is 0 Å². The number of hydrogen-bond donors (Lipinski definition) is 0. The zero-order valence-electron chi connectivity index (χ0n) is 25.1. The maximum Gasteiger partial charge on any atom is 0.164 e. The molecular formula is C41H25N5S. The number of fused-ring (bicyclic) bond motifs is 1. The second-order valence-electron chi connectivity index (χ2n) is 11.1. The zero-order chi connectivity index (χ0) is 31.6. The van der Waals surface area contributed by atoms with Gasteiger partial charge in [-0.25, -0.2) is 19.9 Å². The average Bonchev–Trinajstić information content (AvgIpc) is 3.60. The maximum atomic E-state index is 9.37. The molecule has 2 aromatic heterocycles. The highest BCUT2D eigenvalue weighted by Gasteiger charge is 2.16. The molecule has 0 aliphatic carbocycles. The highest BCUT2D eigenvalue weighted by Crippen LogP contribution is 2.39. The maximum absolute atomic E-state index is 9.37. The molecular weight excluding hydrogens is 595 g/mol. The molecule has 0 fully saturated rings. The van der Waals surface area contributed by atoms with E-state index in [0.717, 1.165) is 59.7 Å². The summed E-state index contributed by atoms with van der Waals surface area (Å²) >= 11 is 1.68. The summed E-state index contributed by atoms with van der Waals surface area (Å²) < 4.78 is 1.10. The van der Waals surface area contributed by atoms with Crippen LogP contribution in [-0.4, -0.2) is 19.9 Å². The normalized spacial score (nSPS) is 11.0. The lowest BCUT2D eigenvalue weighted by Gasteiger charge is -2.10. The summed E-state index contributed by atoms with van der Waals surface area (Å²) in [6.07, 6.45) is 0. The van der Waals surface area contributed by atoms with Crippen molar-refractivity contribution in [1.82, 2.24) is 19.9 Å². The Kier molecular flexibility index (Phi) is 7.35. The molecule has 0 spiro atoms. The van der Waals surface area contributed by atoms with E-state index in [-0.39, 0.29) is 0 Å². The van der Waals surface area contributed by atoms with Crippen molar-refractivity contribution in [1.29, 1.82) is 5.26 Å². The summed E-state index contributed by atoms with van der Waals surface area (Å²) in [7, 11) is 0. The molecule has 0 aliphatic rings. The van der Waals surface area contributed by atoms with E-state index in [1.54, 1.807) is 11.3 Å². The lowest BCUT2D eigenvalue weighted by atomic mass is 9.97. The Morgan fingerprint density at radius 1 is 0.426 bits per heavy atom. The van der Waals surface area contributed by atoms with Gasteiger partial charge in [0.15, 0.2) is 17.5 Å². The Morgan fingerprint density at radius 3 is 1.43 bits per heavy atom. The first-order valence-corrected chi connectivity index (χ1v) is 16.0. The summed E-state index contributed by atoms with van der Waals surface area (Å²) in [5.41, 5.74) is 9.65. The SMILES string of the molecule is N#Cc1ccc(-c2cc(-c3ccc(-c4nc(-c5ccccc5)nc(-c5ccccc5)n4)cc3)cc3sc(-c4ccccc4)nc23)cc1. The Labute approximate surface area is 276 Å². The number of benzene rings is 6. The van der Waals surface area contributed by atoms with E-state index in [0.29, 0.717) is 23.0 Å². The highest BCUT2D eigenvalue weighted by molar-refractivity contribution is 7.21. The molecule has 8 aromatic rings. The molecule has 0 saturated heterocycles. The minimum Gasteiger partial charge on any atom is -0.235 e. The minimum atomic E-state index is 0.618. The van der Waals surface area contributed by atoms with Crippen LogP contribution < -0.4 is 0 Å². The van der Waals surface area contributed by atoms with Crippen molar-refractivity contribution >= 4 is 21.6 Å². The van der Waals surface area contributed by atoms with Gasteiger partial charge in [-0.15, -0.1) is 11.3 Å². The van der Waals surface area contributed by atoms with Crippen LogP contribution in [0.25, 0.3) is 77.2 Å².